The van der Waals surface area contributed by atoms with Gasteiger partial charge in [-0.3, -0.25) is 0 Å². The summed E-state index contributed by atoms with van der Waals surface area (Å²) in [6.45, 7) is 0.963. The van der Waals surface area contributed by atoms with Gasteiger partial charge in [0.15, 0.2) is 0 Å². The number of sulfonamides is 1. The third-order valence-corrected chi connectivity index (χ3v) is 4.27. The van der Waals surface area contributed by atoms with E-state index in [0.29, 0.717) is 25.3 Å². The van der Waals surface area contributed by atoms with Gasteiger partial charge in [-0.05, 0) is 24.6 Å². The fourth-order valence-corrected chi connectivity index (χ4v) is 3.27. The summed E-state index contributed by atoms with van der Waals surface area (Å²) in [5.74, 6) is 0.274. The maximum Gasteiger partial charge on any atom is 0.244 e. The molecule has 1 saturated heterocycles. The van der Waals surface area contributed by atoms with E-state index in [-0.39, 0.29) is 16.7 Å². The van der Waals surface area contributed by atoms with E-state index in [1.54, 1.807) is 6.07 Å². The number of ether oxygens (including phenoxy) is 2. The van der Waals surface area contributed by atoms with Crippen LogP contribution in [0.1, 0.15) is 6.42 Å². The molecule has 1 atom stereocenters. The summed E-state index contributed by atoms with van der Waals surface area (Å²) >= 11 is 0. The van der Waals surface area contributed by atoms with Crippen LogP contribution in [-0.2, 0) is 14.8 Å². The molecule has 1 aliphatic rings. The van der Waals surface area contributed by atoms with Crippen LogP contribution < -0.4 is 15.2 Å². The number of nitrogens with two attached hydrogens (primary N) is 1. The highest BCUT2D eigenvalue weighted by Gasteiger charge is 2.26. The number of hydrogen-bond donors (Lipinski definition) is 2. The maximum absolute atomic E-state index is 12.2. The van der Waals surface area contributed by atoms with Crippen molar-refractivity contribution in [3.8, 4) is 5.75 Å². The summed E-state index contributed by atoms with van der Waals surface area (Å²) in [5, 5.41) is 0. The van der Waals surface area contributed by atoms with Crippen molar-refractivity contribution in [3.05, 3.63) is 18.2 Å². The van der Waals surface area contributed by atoms with Gasteiger partial charge in [-0.15, -0.1) is 0 Å². The van der Waals surface area contributed by atoms with Crippen LogP contribution in [0, 0.1) is 0 Å². The van der Waals surface area contributed by atoms with E-state index >= 15 is 0 Å². The van der Waals surface area contributed by atoms with Gasteiger partial charge >= 0.3 is 0 Å². The summed E-state index contributed by atoms with van der Waals surface area (Å²) in [6.07, 6.45) is 0.670. The Kier molecular flexibility index (Phi) is 3.74. The number of methoxy groups -OCH3 is 1. The lowest BCUT2D eigenvalue weighted by Crippen LogP contribution is -2.35. The van der Waals surface area contributed by atoms with Crippen molar-refractivity contribution in [1.29, 1.82) is 0 Å². The van der Waals surface area contributed by atoms with Crippen molar-refractivity contribution in [3.63, 3.8) is 0 Å². The molecule has 1 aromatic carbocycles. The lowest BCUT2D eigenvalue weighted by atomic mass is 10.3. The van der Waals surface area contributed by atoms with E-state index in [1.165, 1.54) is 19.2 Å². The molecule has 1 aromatic rings. The fraction of sp³-hybridized carbons (Fsp3) is 0.455. The van der Waals surface area contributed by atoms with Gasteiger partial charge in [-0.1, -0.05) is 0 Å². The standard InChI is InChI=1S/C11H16N2O4S/c1-16-10-3-2-8(12)6-11(10)18(14,15)13-9-4-5-17-7-9/h2-3,6,9,13H,4-5,7,12H2,1H3/t9-/m1/s1. The average Bonchev–Trinajstić information content (AvgIpc) is 2.81. The first kappa shape index (κ1) is 13.1. The molecule has 0 spiro atoms. The normalized spacial score (nSPS) is 19.9. The van der Waals surface area contributed by atoms with Crippen molar-refractivity contribution in [2.75, 3.05) is 26.1 Å². The van der Waals surface area contributed by atoms with Gasteiger partial charge in [-0.2, -0.15) is 0 Å². The Morgan fingerprint density at radius 1 is 1.50 bits per heavy atom. The van der Waals surface area contributed by atoms with Crippen LogP contribution >= 0.6 is 0 Å². The molecule has 3 N–H and O–H groups in total. The Hall–Kier alpha value is -1.31. The Balaban J connectivity index is 2.30. The zero-order chi connectivity index (χ0) is 13.2. The number of nitrogens with one attached hydrogen (secondary N) is 1. The van der Waals surface area contributed by atoms with Gasteiger partial charge in [0.05, 0.1) is 13.7 Å². The van der Waals surface area contributed by atoms with Crippen molar-refractivity contribution in [2.45, 2.75) is 17.4 Å². The Bertz CT molecular complexity index is 524. The van der Waals surface area contributed by atoms with Crippen molar-refractivity contribution < 1.29 is 17.9 Å². The molecule has 0 saturated carbocycles. The molecule has 1 fully saturated rings. The highest BCUT2D eigenvalue weighted by atomic mass is 32.2. The lowest BCUT2D eigenvalue weighted by Gasteiger charge is -2.14. The molecule has 18 heavy (non-hydrogen) atoms. The van der Waals surface area contributed by atoms with E-state index in [4.69, 9.17) is 15.2 Å². The number of anilines is 1. The summed E-state index contributed by atoms with van der Waals surface area (Å²) < 4.78 is 37.2. The minimum atomic E-state index is -3.64. The van der Waals surface area contributed by atoms with Crippen molar-refractivity contribution >= 4 is 15.7 Å². The van der Waals surface area contributed by atoms with E-state index in [9.17, 15) is 8.42 Å². The van der Waals surface area contributed by atoms with Crippen LogP contribution in [0.2, 0.25) is 0 Å². The van der Waals surface area contributed by atoms with Gasteiger partial charge in [0.25, 0.3) is 0 Å². The van der Waals surface area contributed by atoms with Gasteiger partial charge in [0.1, 0.15) is 10.6 Å². The topological polar surface area (TPSA) is 90.7 Å². The molecule has 1 aliphatic heterocycles. The number of rotatable bonds is 4. The van der Waals surface area contributed by atoms with Gasteiger partial charge in [0.2, 0.25) is 10.0 Å². The predicted octanol–water partition coefficient (Wildman–Crippen LogP) is 0.345. The van der Waals surface area contributed by atoms with Crippen molar-refractivity contribution in [2.24, 2.45) is 0 Å². The summed E-state index contributed by atoms with van der Waals surface area (Å²) in [6, 6.07) is 4.32. The first-order valence-electron chi connectivity index (χ1n) is 5.56. The molecule has 6 nitrogen and oxygen atoms in total. The molecule has 0 bridgehead atoms. The average molecular weight is 272 g/mol. The Morgan fingerprint density at radius 2 is 2.28 bits per heavy atom. The zero-order valence-electron chi connectivity index (χ0n) is 10.0. The number of nitrogen functional groups attached to an aromatic ring is 1. The smallest absolute Gasteiger partial charge is 0.244 e. The second-order valence-corrected chi connectivity index (χ2v) is 5.77. The van der Waals surface area contributed by atoms with Crippen LogP contribution in [0.4, 0.5) is 5.69 Å². The van der Waals surface area contributed by atoms with Crippen molar-refractivity contribution in [1.82, 2.24) is 4.72 Å². The molecule has 0 aromatic heterocycles. The van der Waals surface area contributed by atoms with Crippen LogP contribution in [0.5, 0.6) is 5.75 Å². The second-order valence-electron chi connectivity index (χ2n) is 4.09. The molecular weight excluding hydrogens is 256 g/mol. The molecule has 0 unspecified atom stereocenters. The van der Waals surface area contributed by atoms with Gasteiger partial charge in [0, 0.05) is 18.3 Å². The van der Waals surface area contributed by atoms with E-state index in [2.05, 4.69) is 4.72 Å². The van der Waals surface area contributed by atoms with E-state index in [0.717, 1.165) is 0 Å². The molecule has 100 valence electrons. The molecule has 7 heteroatoms. The zero-order valence-corrected chi connectivity index (χ0v) is 10.9. The molecule has 0 radical (unpaired) electrons. The molecule has 2 rings (SSSR count). The monoisotopic (exact) mass is 272 g/mol. The van der Waals surface area contributed by atoms with Crippen LogP contribution in [0.25, 0.3) is 0 Å². The summed E-state index contributed by atoms with van der Waals surface area (Å²) in [4.78, 5) is 0.0527. The predicted molar refractivity (Wildman–Crippen MR) is 67.0 cm³/mol. The third-order valence-electron chi connectivity index (χ3n) is 2.73. The largest absolute Gasteiger partial charge is 0.495 e. The highest BCUT2D eigenvalue weighted by molar-refractivity contribution is 7.89. The SMILES string of the molecule is COc1ccc(N)cc1S(=O)(=O)N[C@@H]1CCOC1. The minimum absolute atomic E-state index is 0.0527. The number of hydrogen-bond acceptors (Lipinski definition) is 5. The molecule has 0 aliphatic carbocycles. The lowest BCUT2D eigenvalue weighted by molar-refractivity contribution is 0.192. The Labute approximate surface area is 106 Å². The molecule has 0 amide bonds. The second kappa shape index (κ2) is 5.13. The van der Waals surface area contributed by atoms with E-state index in [1.807, 2.05) is 0 Å². The fourth-order valence-electron chi connectivity index (χ4n) is 1.81. The Morgan fingerprint density at radius 3 is 2.89 bits per heavy atom. The quantitative estimate of drug-likeness (QED) is 0.772. The molecular formula is C11H16N2O4S. The minimum Gasteiger partial charge on any atom is -0.495 e. The maximum atomic E-state index is 12.2. The first-order chi connectivity index (χ1) is 8.53. The first-order valence-corrected chi connectivity index (χ1v) is 7.05. The van der Waals surface area contributed by atoms with Crippen LogP contribution in [0.15, 0.2) is 23.1 Å². The van der Waals surface area contributed by atoms with Gasteiger partial charge in [-0.25, -0.2) is 13.1 Å². The third kappa shape index (κ3) is 2.74. The highest BCUT2D eigenvalue weighted by Crippen LogP contribution is 2.26. The summed E-state index contributed by atoms with van der Waals surface area (Å²) in [5.41, 5.74) is 5.99. The number of benzene rings is 1. The van der Waals surface area contributed by atoms with E-state index < -0.39 is 10.0 Å². The van der Waals surface area contributed by atoms with Gasteiger partial charge < -0.3 is 15.2 Å². The molecule has 1 heterocycles. The summed E-state index contributed by atoms with van der Waals surface area (Å²) in [7, 11) is -2.22. The van der Waals surface area contributed by atoms with Crippen LogP contribution in [-0.4, -0.2) is 34.8 Å². The van der Waals surface area contributed by atoms with Crippen LogP contribution in [0.3, 0.4) is 0 Å².